The molecule has 2 heterocycles. The van der Waals surface area contributed by atoms with Gasteiger partial charge < -0.3 is 39.1 Å². The molecule has 4 aromatic rings. The van der Waals surface area contributed by atoms with Gasteiger partial charge in [-0.25, -0.2) is 8.78 Å². The zero-order valence-electron chi connectivity index (χ0n) is 22.3. The molecule has 0 fully saturated rings. The Hall–Kier alpha value is -4.74. The molecular formula is C30H20F2Mn2N2O8. The number of carbonyl (C=O) groups excluding carboxylic acids is 4. The van der Waals surface area contributed by atoms with E-state index in [-0.39, 0.29) is 57.2 Å². The summed E-state index contributed by atoms with van der Waals surface area (Å²) in [7, 11) is 0. The summed E-state index contributed by atoms with van der Waals surface area (Å²) in [5.74, 6) is -8.80. The van der Waals surface area contributed by atoms with Gasteiger partial charge in [0.25, 0.3) is 0 Å². The van der Waals surface area contributed by atoms with Crippen LogP contribution in [-0.2, 0) is 66.4 Å². The second-order valence-electron chi connectivity index (χ2n) is 8.62. The van der Waals surface area contributed by atoms with Crippen molar-refractivity contribution in [3.63, 3.8) is 0 Å². The molecule has 0 atom stereocenters. The van der Waals surface area contributed by atoms with E-state index in [0.717, 1.165) is 11.1 Å². The van der Waals surface area contributed by atoms with Crippen molar-refractivity contribution in [2.75, 3.05) is 0 Å². The van der Waals surface area contributed by atoms with E-state index in [9.17, 15) is 48.4 Å². The fourth-order valence-corrected chi connectivity index (χ4v) is 3.63. The predicted octanol–water partition coefficient (Wildman–Crippen LogP) is -0.614. The summed E-state index contributed by atoms with van der Waals surface area (Å²) in [5, 5.41) is 44.3. The summed E-state index contributed by atoms with van der Waals surface area (Å²) in [4.78, 5) is 42.6. The van der Waals surface area contributed by atoms with Gasteiger partial charge in [0.15, 0.2) is 0 Å². The van der Waals surface area contributed by atoms with Gasteiger partial charge in [-0.05, 0) is 71.8 Å². The summed E-state index contributed by atoms with van der Waals surface area (Å²) >= 11 is 0. The summed E-state index contributed by atoms with van der Waals surface area (Å²) in [6.07, 6.45) is 4.17. The number of benzene rings is 2. The molecule has 0 spiro atoms. The molecule has 0 unspecified atom stereocenters. The van der Waals surface area contributed by atoms with E-state index >= 15 is 0 Å². The van der Waals surface area contributed by atoms with Crippen LogP contribution in [0.2, 0.25) is 0 Å². The zero-order chi connectivity index (χ0) is 30.8. The molecular weight excluding hydrogens is 664 g/mol. The van der Waals surface area contributed by atoms with E-state index in [2.05, 4.69) is 0 Å². The van der Waals surface area contributed by atoms with Crippen molar-refractivity contribution >= 4 is 35.0 Å². The van der Waals surface area contributed by atoms with Crippen molar-refractivity contribution in [1.82, 2.24) is 9.13 Å². The number of hydrogen-bond acceptors (Lipinski definition) is 8. The molecule has 0 amide bonds. The minimum atomic E-state index is -1.93. The number of hydrogen-bond donors (Lipinski definition) is 0. The Kier molecular flexibility index (Phi) is 14.7. The summed E-state index contributed by atoms with van der Waals surface area (Å²) in [5.41, 5.74) is 1.84. The SMILES string of the molecule is O=C([O-])C(=O)/C=C(\[O-])c1cccn1Cc1ccc(F)cc1.O=C([O-])C(=O)/C=C(\[O-])c1cccn1Cc1ccc(F)cc1.[Mn+2].[Mn+2]. The molecule has 0 aliphatic carbocycles. The topological polar surface area (TPSA) is 170 Å². The third kappa shape index (κ3) is 10.8. The molecule has 226 valence electrons. The van der Waals surface area contributed by atoms with Gasteiger partial charge in [-0.3, -0.25) is 9.59 Å². The van der Waals surface area contributed by atoms with Crippen LogP contribution in [0.5, 0.6) is 0 Å². The molecule has 10 nitrogen and oxygen atoms in total. The van der Waals surface area contributed by atoms with Crippen molar-refractivity contribution in [2.24, 2.45) is 0 Å². The van der Waals surface area contributed by atoms with Gasteiger partial charge in [0.2, 0.25) is 11.6 Å². The molecule has 44 heavy (non-hydrogen) atoms. The normalized spacial score (nSPS) is 10.9. The Morgan fingerprint density at radius 3 is 1.18 bits per heavy atom. The number of nitrogens with zero attached hydrogens (tertiary/aromatic N) is 2. The van der Waals surface area contributed by atoms with E-state index < -0.39 is 35.0 Å². The molecule has 0 N–H and O–H groups in total. The average molecular weight is 684 g/mol. The van der Waals surface area contributed by atoms with Crippen LogP contribution in [0.1, 0.15) is 22.5 Å². The third-order valence-electron chi connectivity index (χ3n) is 5.62. The van der Waals surface area contributed by atoms with Crippen LogP contribution in [0, 0.1) is 11.6 Å². The standard InChI is InChI=1S/2C15H12FNO4.2Mn/c2*16-11-5-3-10(4-6-11)9-17-7-1-2-12(17)13(18)8-14(19)15(20)21;;/h2*1-8,18H,9H2,(H,20,21);;/q;;2*+2/p-4/b2*13-8-;;. The van der Waals surface area contributed by atoms with Crippen LogP contribution in [0.4, 0.5) is 8.78 Å². The van der Waals surface area contributed by atoms with Crippen molar-refractivity contribution in [3.05, 3.63) is 131 Å². The van der Waals surface area contributed by atoms with Gasteiger partial charge in [-0.15, -0.1) is 0 Å². The Bertz CT molecular complexity index is 1540. The summed E-state index contributed by atoms with van der Waals surface area (Å²) in [6, 6.07) is 17.6. The number of aliphatic carboxylic acids is 2. The van der Waals surface area contributed by atoms with Gasteiger partial charge in [0.05, 0.1) is 0 Å². The van der Waals surface area contributed by atoms with Crippen molar-refractivity contribution < 1.29 is 82.5 Å². The molecule has 2 aromatic carbocycles. The monoisotopic (exact) mass is 684 g/mol. The maximum absolute atomic E-state index is 12.8. The van der Waals surface area contributed by atoms with Crippen molar-refractivity contribution in [2.45, 2.75) is 13.1 Å². The van der Waals surface area contributed by atoms with E-state index in [4.69, 9.17) is 0 Å². The Labute approximate surface area is 270 Å². The number of carboxylic acids is 2. The molecule has 0 aliphatic heterocycles. The smallest absolute Gasteiger partial charge is 0.871 e. The first-order valence-corrected chi connectivity index (χ1v) is 12.0. The minimum Gasteiger partial charge on any atom is -0.871 e. The molecule has 2 radical (unpaired) electrons. The molecule has 4 rings (SSSR count). The van der Waals surface area contributed by atoms with E-state index in [1.807, 2.05) is 0 Å². The number of ketones is 2. The van der Waals surface area contributed by atoms with E-state index in [1.165, 1.54) is 45.5 Å². The predicted molar refractivity (Wildman–Crippen MR) is 136 cm³/mol. The van der Waals surface area contributed by atoms with Crippen LogP contribution < -0.4 is 20.4 Å². The van der Waals surface area contributed by atoms with Crippen molar-refractivity contribution in [1.29, 1.82) is 0 Å². The van der Waals surface area contributed by atoms with Crippen LogP contribution in [0.25, 0.3) is 11.5 Å². The van der Waals surface area contributed by atoms with Gasteiger partial charge in [0, 0.05) is 36.9 Å². The quantitative estimate of drug-likeness (QED) is 0.0922. The maximum Gasteiger partial charge on any atom is 2.00 e. The molecule has 0 saturated carbocycles. The first-order valence-electron chi connectivity index (χ1n) is 12.0. The zero-order valence-corrected chi connectivity index (χ0v) is 24.7. The van der Waals surface area contributed by atoms with Crippen LogP contribution in [0.15, 0.2) is 97.3 Å². The summed E-state index contributed by atoms with van der Waals surface area (Å²) in [6.45, 7) is 0.587. The van der Waals surface area contributed by atoms with Gasteiger partial charge >= 0.3 is 34.1 Å². The molecule has 0 bridgehead atoms. The number of aromatic nitrogens is 2. The van der Waals surface area contributed by atoms with E-state index in [1.54, 1.807) is 48.8 Å². The second kappa shape index (κ2) is 17.4. The first kappa shape index (κ1) is 37.3. The van der Waals surface area contributed by atoms with Gasteiger partial charge in [-0.2, -0.15) is 0 Å². The number of carbonyl (C=O) groups is 4. The van der Waals surface area contributed by atoms with Crippen LogP contribution >= 0.6 is 0 Å². The molecule has 0 saturated heterocycles. The average Bonchev–Trinajstić information content (AvgIpc) is 3.61. The molecule has 14 heteroatoms. The van der Waals surface area contributed by atoms with Gasteiger partial charge in [-0.1, -0.05) is 35.8 Å². The van der Waals surface area contributed by atoms with Crippen LogP contribution in [-0.4, -0.2) is 32.6 Å². The minimum absolute atomic E-state index is 0. The Morgan fingerprint density at radius 2 is 0.886 bits per heavy atom. The third-order valence-corrected chi connectivity index (χ3v) is 5.62. The Morgan fingerprint density at radius 1 is 0.568 bits per heavy atom. The first-order chi connectivity index (χ1) is 19.9. The van der Waals surface area contributed by atoms with Gasteiger partial charge in [0.1, 0.15) is 23.6 Å². The summed E-state index contributed by atoms with van der Waals surface area (Å²) < 4.78 is 28.7. The number of rotatable bonds is 10. The molecule has 0 aliphatic rings. The van der Waals surface area contributed by atoms with E-state index in [0.29, 0.717) is 25.2 Å². The number of carboxylic acid groups (broad SMARTS) is 2. The number of halogens is 2. The molecule has 2 aromatic heterocycles. The largest absolute Gasteiger partial charge is 2.00 e. The Balaban J connectivity index is 0.000000421. The maximum atomic E-state index is 12.8. The fraction of sp³-hybridized carbons (Fsp3) is 0.0667. The second-order valence-corrected chi connectivity index (χ2v) is 8.62. The van der Waals surface area contributed by atoms with Crippen LogP contribution in [0.3, 0.4) is 0 Å². The van der Waals surface area contributed by atoms with Crippen molar-refractivity contribution in [3.8, 4) is 0 Å². The fourth-order valence-electron chi connectivity index (χ4n) is 3.63.